The Balaban J connectivity index is 1.47. The molecule has 0 radical (unpaired) electrons. The van der Waals surface area contributed by atoms with Crippen molar-refractivity contribution in [1.29, 1.82) is 0 Å². The topological polar surface area (TPSA) is 54.4 Å². The number of thiazole rings is 1. The molecule has 1 aliphatic rings. The fourth-order valence-electron chi connectivity index (χ4n) is 2.62. The summed E-state index contributed by atoms with van der Waals surface area (Å²) in [6.45, 7) is -1.84. The largest absolute Gasteiger partial charge is 0.435 e. The van der Waals surface area contributed by atoms with Crippen LogP contribution in [-0.2, 0) is 19.4 Å². The predicted molar refractivity (Wildman–Crippen MR) is 83.9 cm³/mol. The van der Waals surface area contributed by atoms with Gasteiger partial charge in [0.25, 0.3) is 0 Å². The molecule has 1 aliphatic carbocycles. The second-order valence-electron chi connectivity index (χ2n) is 5.43. The number of fused-ring (bicyclic) bond motifs is 1. The van der Waals surface area contributed by atoms with Gasteiger partial charge in [-0.3, -0.25) is 0 Å². The molecule has 2 aromatic rings. The molecule has 1 unspecified atom stereocenters. The van der Waals surface area contributed by atoms with E-state index in [0.717, 1.165) is 17.8 Å². The molecule has 124 valence electrons. The zero-order valence-electron chi connectivity index (χ0n) is 12.5. The molecule has 1 aromatic heterocycles. The Morgan fingerprint density at radius 2 is 2.04 bits per heavy atom. The van der Waals surface area contributed by atoms with Crippen LogP contribution in [0.1, 0.15) is 33.7 Å². The highest BCUT2D eigenvalue weighted by molar-refractivity contribution is 7.11. The summed E-state index contributed by atoms with van der Waals surface area (Å²) in [5, 5.41) is 14.3. The van der Waals surface area contributed by atoms with Crippen LogP contribution in [0.2, 0.25) is 0 Å². The lowest BCUT2D eigenvalue weighted by Crippen LogP contribution is -2.21. The van der Waals surface area contributed by atoms with E-state index in [4.69, 9.17) is 0 Å². The van der Waals surface area contributed by atoms with E-state index in [2.05, 4.69) is 15.0 Å². The Kier molecular flexibility index (Phi) is 5.20. The van der Waals surface area contributed by atoms with Crippen molar-refractivity contribution in [3.05, 3.63) is 45.4 Å². The molecule has 0 spiro atoms. The van der Waals surface area contributed by atoms with Crippen molar-refractivity contribution in [2.75, 3.05) is 6.54 Å². The molecule has 23 heavy (non-hydrogen) atoms. The summed E-state index contributed by atoms with van der Waals surface area (Å²) in [6, 6.07) is 6.02. The van der Waals surface area contributed by atoms with E-state index in [9.17, 15) is 13.9 Å². The number of ether oxygens (including phenoxy) is 1. The second kappa shape index (κ2) is 7.33. The van der Waals surface area contributed by atoms with Crippen molar-refractivity contribution < 1.29 is 18.6 Å². The first-order valence-corrected chi connectivity index (χ1v) is 8.34. The number of hydrogen-bond acceptors (Lipinski definition) is 5. The smallest absolute Gasteiger partial charge is 0.387 e. The van der Waals surface area contributed by atoms with Gasteiger partial charge < -0.3 is 15.2 Å². The number of benzene rings is 1. The molecule has 0 amide bonds. The van der Waals surface area contributed by atoms with Crippen molar-refractivity contribution in [2.45, 2.75) is 38.5 Å². The van der Waals surface area contributed by atoms with Crippen LogP contribution in [0, 0.1) is 0 Å². The van der Waals surface area contributed by atoms with Crippen molar-refractivity contribution in [3.8, 4) is 5.75 Å². The Hall–Kier alpha value is -1.57. The molecule has 1 atom stereocenters. The number of alkyl halides is 2. The fourth-order valence-corrected chi connectivity index (χ4v) is 3.75. The molecule has 3 rings (SSSR count). The number of aryl methyl sites for hydroxylation is 2. The zero-order chi connectivity index (χ0) is 16.2. The van der Waals surface area contributed by atoms with Crippen molar-refractivity contribution in [1.82, 2.24) is 10.3 Å². The normalized spacial score (nSPS) is 15.0. The molecule has 7 heteroatoms. The van der Waals surface area contributed by atoms with Crippen molar-refractivity contribution in [3.63, 3.8) is 0 Å². The summed E-state index contributed by atoms with van der Waals surface area (Å²) < 4.78 is 28.4. The number of halogens is 2. The first kappa shape index (κ1) is 16.3. The van der Waals surface area contributed by atoms with Gasteiger partial charge in [0.1, 0.15) is 10.8 Å². The number of aromatic nitrogens is 1. The van der Waals surface area contributed by atoms with Crippen molar-refractivity contribution >= 4 is 11.3 Å². The van der Waals surface area contributed by atoms with Crippen LogP contribution in [0.5, 0.6) is 5.75 Å². The maximum Gasteiger partial charge on any atom is 0.387 e. The third-order valence-corrected chi connectivity index (χ3v) is 4.90. The van der Waals surface area contributed by atoms with Crippen LogP contribution in [0.25, 0.3) is 0 Å². The Morgan fingerprint density at radius 1 is 1.26 bits per heavy atom. The molecular formula is C16H18F2N2O2S. The van der Waals surface area contributed by atoms with E-state index in [1.54, 1.807) is 23.5 Å². The summed E-state index contributed by atoms with van der Waals surface area (Å²) in [5.74, 6) is 0.0845. The summed E-state index contributed by atoms with van der Waals surface area (Å²) >= 11 is 1.73. The summed E-state index contributed by atoms with van der Waals surface area (Å²) in [6.07, 6.45) is 2.69. The number of nitrogens with zero attached hydrogens (tertiary/aromatic N) is 1. The molecule has 0 bridgehead atoms. The SMILES string of the molecule is OC(CNCc1nc2c(s1)CCC2)c1ccc(OC(F)F)cc1. The average molecular weight is 340 g/mol. The monoisotopic (exact) mass is 340 g/mol. The van der Waals surface area contributed by atoms with Gasteiger partial charge in [-0.2, -0.15) is 8.78 Å². The first-order chi connectivity index (χ1) is 11.1. The lowest BCUT2D eigenvalue weighted by Gasteiger charge is -2.12. The van der Waals surface area contributed by atoms with E-state index in [0.29, 0.717) is 18.7 Å². The van der Waals surface area contributed by atoms with Gasteiger partial charge in [0, 0.05) is 18.0 Å². The van der Waals surface area contributed by atoms with Crippen LogP contribution in [0.4, 0.5) is 8.78 Å². The van der Waals surface area contributed by atoms with Crippen LogP contribution in [0.3, 0.4) is 0 Å². The maximum atomic E-state index is 12.1. The van der Waals surface area contributed by atoms with Crippen LogP contribution in [-0.4, -0.2) is 23.2 Å². The summed E-state index contributed by atoms with van der Waals surface area (Å²) in [4.78, 5) is 5.97. The lowest BCUT2D eigenvalue weighted by atomic mass is 10.1. The zero-order valence-corrected chi connectivity index (χ0v) is 13.3. The molecule has 1 heterocycles. The fraction of sp³-hybridized carbons (Fsp3) is 0.438. The van der Waals surface area contributed by atoms with Gasteiger partial charge in [-0.05, 0) is 37.0 Å². The number of aliphatic hydroxyl groups is 1. The highest BCUT2D eigenvalue weighted by Crippen LogP contribution is 2.27. The molecule has 4 nitrogen and oxygen atoms in total. The highest BCUT2D eigenvalue weighted by atomic mass is 32.1. The van der Waals surface area contributed by atoms with Gasteiger partial charge in [0.15, 0.2) is 0 Å². The highest BCUT2D eigenvalue weighted by Gasteiger charge is 2.16. The molecule has 1 aromatic carbocycles. The Morgan fingerprint density at radius 3 is 2.74 bits per heavy atom. The number of aliphatic hydroxyl groups excluding tert-OH is 1. The minimum atomic E-state index is -2.84. The Bertz CT molecular complexity index is 625. The standard InChI is InChI=1S/C16H18F2N2O2S/c17-16(18)22-11-6-4-10(5-7-11)13(21)8-19-9-15-20-12-2-1-3-14(12)23-15/h4-7,13,16,19,21H,1-3,8-9H2. The molecule has 2 N–H and O–H groups in total. The van der Waals surface area contributed by atoms with Crippen molar-refractivity contribution in [2.24, 2.45) is 0 Å². The minimum Gasteiger partial charge on any atom is -0.435 e. The van der Waals surface area contributed by atoms with Crippen LogP contribution >= 0.6 is 11.3 Å². The van der Waals surface area contributed by atoms with E-state index in [1.165, 1.54) is 29.1 Å². The van der Waals surface area contributed by atoms with Gasteiger partial charge in [-0.1, -0.05) is 12.1 Å². The first-order valence-electron chi connectivity index (χ1n) is 7.53. The number of nitrogens with one attached hydrogen (secondary N) is 1. The predicted octanol–water partition coefficient (Wildman–Crippen LogP) is 3.06. The van der Waals surface area contributed by atoms with Gasteiger partial charge in [0.2, 0.25) is 0 Å². The van der Waals surface area contributed by atoms with E-state index in [1.807, 2.05) is 0 Å². The molecular weight excluding hydrogens is 322 g/mol. The molecule has 0 saturated heterocycles. The average Bonchev–Trinajstić information content (AvgIpc) is 3.08. The molecule has 0 aliphatic heterocycles. The van der Waals surface area contributed by atoms with Gasteiger partial charge >= 0.3 is 6.61 Å². The summed E-state index contributed by atoms with van der Waals surface area (Å²) in [7, 11) is 0. The van der Waals surface area contributed by atoms with Crippen LogP contribution < -0.4 is 10.1 Å². The van der Waals surface area contributed by atoms with E-state index >= 15 is 0 Å². The minimum absolute atomic E-state index is 0.0845. The third-order valence-electron chi connectivity index (χ3n) is 3.74. The molecule has 0 saturated carbocycles. The number of hydrogen-bond donors (Lipinski definition) is 2. The molecule has 0 fully saturated rings. The van der Waals surface area contributed by atoms with E-state index in [-0.39, 0.29) is 5.75 Å². The van der Waals surface area contributed by atoms with Gasteiger partial charge in [-0.15, -0.1) is 11.3 Å². The van der Waals surface area contributed by atoms with Gasteiger partial charge in [-0.25, -0.2) is 4.98 Å². The lowest BCUT2D eigenvalue weighted by molar-refractivity contribution is -0.0498. The van der Waals surface area contributed by atoms with Crippen LogP contribution in [0.15, 0.2) is 24.3 Å². The quantitative estimate of drug-likeness (QED) is 0.813. The summed E-state index contributed by atoms with van der Waals surface area (Å²) in [5.41, 5.74) is 1.88. The number of rotatable bonds is 7. The van der Waals surface area contributed by atoms with Gasteiger partial charge in [0.05, 0.1) is 11.8 Å². The third kappa shape index (κ3) is 4.25. The second-order valence-corrected chi connectivity index (χ2v) is 6.59. The maximum absolute atomic E-state index is 12.1. The Labute approximate surface area is 137 Å². The van der Waals surface area contributed by atoms with E-state index < -0.39 is 12.7 Å².